The lowest BCUT2D eigenvalue weighted by Crippen LogP contribution is -2.35. The van der Waals surface area contributed by atoms with E-state index in [0.29, 0.717) is 0 Å². The lowest BCUT2D eigenvalue weighted by atomic mass is 9.91. The Morgan fingerprint density at radius 3 is 2.69 bits per heavy atom. The molecule has 3 aliphatic rings. The molecule has 0 bridgehead atoms. The van der Waals surface area contributed by atoms with E-state index >= 15 is 0 Å². The number of aromatic nitrogens is 2. The maximum absolute atomic E-state index is 13.4. The molecule has 2 unspecified atom stereocenters. The molecule has 7 heteroatoms. The van der Waals surface area contributed by atoms with E-state index in [4.69, 9.17) is 9.47 Å². The van der Waals surface area contributed by atoms with Gasteiger partial charge in [-0.1, -0.05) is 42.5 Å². The first-order valence-corrected chi connectivity index (χ1v) is 13.6. The van der Waals surface area contributed by atoms with Crippen LogP contribution >= 0.6 is 0 Å². The number of H-pyrrole nitrogens is 1. The molecule has 4 aromatic rings. The highest BCUT2D eigenvalue weighted by atomic mass is 16.5. The van der Waals surface area contributed by atoms with Crippen molar-refractivity contribution < 1.29 is 14.3 Å². The minimum absolute atomic E-state index is 0.142. The van der Waals surface area contributed by atoms with Crippen LogP contribution in [0.25, 0.3) is 23.1 Å². The zero-order valence-corrected chi connectivity index (χ0v) is 22.3. The maximum Gasteiger partial charge on any atom is 0.238 e. The van der Waals surface area contributed by atoms with E-state index in [1.165, 1.54) is 5.56 Å². The summed E-state index contributed by atoms with van der Waals surface area (Å²) in [6, 6.07) is 21.1. The van der Waals surface area contributed by atoms with Crippen LogP contribution in [0.2, 0.25) is 0 Å². The van der Waals surface area contributed by atoms with Gasteiger partial charge >= 0.3 is 0 Å². The van der Waals surface area contributed by atoms with E-state index in [2.05, 4.69) is 69.7 Å². The fourth-order valence-corrected chi connectivity index (χ4v) is 6.34. The zero-order chi connectivity index (χ0) is 26.6. The van der Waals surface area contributed by atoms with Crippen LogP contribution in [-0.4, -0.2) is 61.5 Å². The number of hydrogen-bond acceptors (Lipinski definition) is 5. The van der Waals surface area contributed by atoms with Gasteiger partial charge < -0.3 is 14.4 Å². The molecule has 1 aliphatic carbocycles. The van der Waals surface area contributed by atoms with Gasteiger partial charge in [-0.15, -0.1) is 0 Å². The molecule has 2 atom stereocenters. The van der Waals surface area contributed by atoms with E-state index < -0.39 is 5.41 Å². The SMILES string of the molecule is COc1ccc2c(c1)C1(CC1c1ccc3c(/C=C/c4ccc(CN5CCOCC5)cc4)n[nH]c3c1)C(=O)N2C. The highest BCUT2D eigenvalue weighted by Crippen LogP contribution is 2.66. The van der Waals surface area contributed by atoms with Gasteiger partial charge in [-0.25, -0.2) is 0 Å². The fourth-order valence-electron chi connectivity index (χ4n) is 6.34. The number of hydrogen-bond donors (Lipinski definition) is 1. The molecule has 0 radical (unpaired) electrons. The van der Waals surface area contributed by atoms with Crippen molar-refractivity contribution in [2.45, 2.75) is 24.3 Å². The summed E-state index contributed by atoms with van der Waals surface area (Å²) >= 11 is 0. The molecule has 7 nitrogen and oxygen atoms in total. The van der Waals surface area contributed by atoms with Gasteiger partial charge in [-0.3, -0.25) is 14.8 Å². The van der Waals surface area contributed by atoms with Gasteiger partial charge in [0.05, 0.1) is 36.9 Å². The maximum atomic E-state index is 13.4. The van der Waals surface area contributed by atoms with Gasteiger partial charge in [-0.2, -0.15) is 5.10 Å². The largest absolute Gasteiger partial charge is 0.497 e. The number of nitrogens with zero attached hydrogens (tertiary/aromatic N) is 3. The van der Waals surface area contributed by atoms with Crippen molar-refractivity contribution in [3.8, 4) is 5.75 Å². The molecule has 39 heavy (non-hydrogen) atoms. The summed E-state index contributed by atoms with van der Waals surface area (Å²) in [7, 11) is 3.53. The molecule has 1 amide bonds. The second kappa shape index (κ2) is 9.36. The van der Waals surface area contributed by atoms with Crippen molar-refractivity contribution in [1.29, 1.82) is 0 Å². The number of nitrogens with one attached hydrogen (secondary N) is 1. The van der Waals surface area contributed by atoms with Crippen LogP contribution in [0, 0.1) is 0 Å². The molecule has 3 aromatic carbocycles. The first kappa shape index (κ1) is 24.1. The predicted octanol–water partition coefficient (Wildman–Crippen LogP) is 4.98. The van der Waals surface area contributed by atoms with Crippen molar-refractivity contribution in [3.05, 3.63) is 88.6 Å². The highest BCUT2D eigenvalue weighted by molar-refractivity contribution is 6.11. The van der Waals surface area contributed by atoms with Crippen molar-refractivity contribution in [2.24, 2.45) is 0 Å². The van der Waals surface area contributed by atoms with Crippen LogP contribution in [0.3, 0.4) is 0 Å². The third-order valence-corrected chi connectivity index (χ3v) is 8.63. The van der Waals surface area contributed by atoms with E-state index in [1.807, 2.05) is 25.2 Å². The third-order valence-electron chi connectivity index (χ3n) is 8.63. The van der Waals surface area contributed by atoms with Crippen molar-refractivity contribution >= 4 is 34.6 Å². The van der Waals surface area contributed by atoms with E-state index in [9.17, 15) is 4.79 Å². The predicted molar refractivity (Wildman–Crippen MR) is 153 cm³/mol. The molecule has 1 saturated carbocycles. The van der Waals surface area contributed by atoms with Gasteiger partial charge in [0, 0.05) is 43.7 Å². The van der Waals surface area contributed by atoms with Gasteiger partial charge in [0.2, 0.25) is 5.91 Å². The van der Waals surface area contributed by atoms with Crippen molar-refractivity contribution in [3.63, 3.8) is 0 Å². The van der Waals surface area contributed by atoms with Gasteiger partial charge in [0.1, 0.15) is 5.75 Å². The number of morpholine rings is 1. The summed E-state index contributed by atoms with van der Waals surface area (Å²) in [5.74, 6) is 1.09. The van der Waals surface area contributed by atoms with Crippen LogP contribution in [-0.2, 0) is 21.5 Å². The summed E-state index contributed by atoms with van der Waals surface area (Å²) in [6.45, 7) is 4.59. The summed E-state index contributed by atoms with van der Waals surface area (Å²) in [6.07, 6.45) is 4.98. The zero-order valence-electron chi connectivity index (χ0n) is 22.3. The average molecular weight is 521 g/mol. The molecule has 2 fully saturated rings. The number of methoxy groups -OCH3 is 1. The quantitative estimate of drug-likeness (QED) is 0.389. The fraction of sp³-hybridized carbons (Fsp3) is 0.312. The number of benzene rings is 3. The van der Waals surface area contributed by atoms with E-state index in [0.717, 1.165) is 84.0 Å². The normalized spacial score (nSPS) is 22.8. The minimum atomic E-state index is -0.497. The summed E-state index contributed by atoms with van der Waals surface area (Å²) in [4.78, 5) is 17.6. The second-order valence-electron chi connectivity index (χ2n) is 10.9. The monoisotopic (exact) mass is 520 g/mol. The van der Waals surface area contributed by atoms with Crippen LogP contribution in [0.1, 0.15) is 40.3 Å². The number of fused-ring (bicyclic) bond motifs is 3. The lowest BCUT2D eigenvalue weighted by molar-refractivity contribution is -0.120. The molecular formula is C32H32N4O3. The third kappa shape index (κ3) is 4.04. The van der Waals surface area contributed by atoms with Crippen molar-refractivity contribution in [1.82, 2.24) is 15.1 Å². The standard InChI is InChI=1S/C32H32N4O3/c1-35-30-12-9-24(38-2)18-26(30)32(31(35)37)19-27(32)23-8-10-25-28(33-34-29(25)17-23)11-7-21-3-5-22(6-4-21)20-36-13-15-39-16-14-36/h3-12,17-18,27H,13-16,19-20H2,1-2H3,(H,33,34)/b11-7+. The summed E-state index contributed by atoms with van der Waals surface area (Å²) in [5, 5.41) is 8.86. The van der Waals surface area contributed by atoms with Crippen LogP contribution < -0.4 is 9.64 Å². The molecule has 3 heterocycles. The number of anilines is 1. The Morgan fingerprint density at radius 1 is 1.08 bits per heavy atom. The topological polar surface area (TPSA) is 70.7 Å². The Labute approximate surface area is 228 Å². The molecule has 2 aliphatic heterocycles. The van der Waals surface area contributed by atoms with Gasteiger partial charge in [0.25, 0.3) is 0 Å². The first-order valence-electron chi connectivity index (χ1n) is 13.6. The Morgan fingerprint density at radius 2 is 1.90 bits per heavy atom. The molecular weight excluding hydrogens is 488 g/mol. The second-order valence-corrected chi connectivity index (χ2v) is 10.9. The number of rotatable bonds is 6. The molecule has 1 saturated heterocycles. The van der Waals surface area contributed by atoms with Crippen molar-refractivity contribution in [2.75, 3.05) is 45.4 Å². The van der Waals surface area contributed by atoms with Crippen LogP contribution in [0.5, 0.6) is 5.75 Å². The molecule has 7 rings (SSSR count). The Hall–Kier alpha value is -3.94. The first-order chi connectivity index (χ1) is 19.1. The highest BCUT2D eigenvalue weighted by Gasteiger charge is 2.66. The molecule has 1 aromatic heterocycles. The van der Waals surface area contributed by atoms with E-state index in [1.54, 1.807) is 12.0 Å². The van der Waals surface area contributed by atoms with Crippen LogP contribution in [0.4, 0.5) is 5.69 Å². The Balaban J connectivity index is 1.09. The number of aromatic amines is 1. The number of carbonyl (C=O) groups excluding carboxylic acids is 1. The number of likely N-dealkylation sites (N-methyl/N-ethyl adjacent to an activating group) is 1. The van der Waals surface area contributed by atoms with Crippen LogP contribution in [0.15, 0.2) is 60.7 Å². The molecule has 1 N–H and O–H groups in total. The van der Waals surface area contributed by atoms with Gasteiger partial charge in [0.15, 0.2) is 0 Å². The molecule has 198 valence electrons. The average Bonchev–Trinajstić information content (AvgIpc) is 3.56. The summed E-state index contributed by atoms with van der Waals surface area (Å²) < 4.78 is 10.9. The number of amides is 1. The minimum Gasteiger partial charge on any atom is -0.497 e. The summed E-state index contributed by atoms with van der Waals surface area (Å²) in [5.41, 5.74) is 7.07. The Kier molecular flexibility index (Phi) is 5.79. The van der Waals surface area contributed by atoms with Gasteiger partial charge in [-0.05, 0) is 59.0 Å². The number of ether oxygens (including phenoxy) is 2. The number of carbonyl (C=O) groups is 1. The Bertz CT molecular complexity index is 1590. The lowest BCUT2D eigenvalue weighted by Gasteiger charge is -2.26. The van der Waals surface area contributed by atoms with E-state index in [-0.39, 0.29) is 11.8 Å². The molecule has 1 spiro atoms. The smallest absolute Gasteiger partial charge is 0.238 e.